The molecule has 0 unspecified atom stereocenters. The molecule has 4 aromatic carbocycles. The number of hydrogen-bond acceptors (Lipinski definition) is 20. The Kier molecular flexibility index (Phi) is 29.4. The van der Waals surface area contributed by atoms with E-state index >= 15 is 4.39 Å². The largest absolute Gasteiger partial charge is 0.477 e. The van der Waals surface area contributed by atoms with Gasteiger partial charge in [0.05, 0.1) is 34.5 Å². The molecule has 0 spiro atoms. The van der Waals surface area contributed by atoms with Crippen LogP contribution in [0.4, 0.5) is 25.0 Å². The van der Waals surface area contributed by atoms with Crippen molar-refractivity contribution in [2.45, 2.75) is 183 Å². The van der Waals surface area contributed by atoms with E-state index in [1.54, 1.807) is 41.3 Å². The van der Waals surface area contributed by atoms with E-state index in [1.165, 1.54) is 30.3 Å². The third-order valence-electron chi connectivity index (χ3n) is 21.5. The molecule has 4 aliphatic rings. The number of benzene rings is 4. The SMILES string of the molecule is CCc1nc2c(cnn2CC)c(NC2CCOCC2)c1CNC(=O)c1cccc(C(=O)NCc2ccc(F)c(-c3cccc(CN4CCN[C@@H](C)C4)c3)c2)n1.CCc1nc2c(cnn2CC)c(NC2CCOCC2)c1CNC(=O)c1cccc(C(=O)O)n1.C[C@H]1CN(Cc2cccc(-c3cc(CN)ccc3F)c2)CCN1C(=O)OC(C)(C)C. The smallest absolute Gasteiger partial charge is 0.410 e. The molecule has 4 aliphatic heterocycles. The van der Waals surface area contributed by atoms with Crippen molar-refractivity contribution in [2.24, 2.45) is 5.73 Å². The van der Waals surface area contributed by atoms with E-state index in [-0.39, 0.29) is 78.3 Å². The number of aromatic carboxylic acids is 1. The average molecular weight is 1610 g/mol. The summed E-state index contributed by atoms with van der Waals surface area (Å²) in [6.07, 6.45) is 8.30. The van der Waals surface area contributed by atoms with Gasteiger partial charge in [-0.3, -0.25) is 24.2 Å². The van der Waals surface area contributed by atoms with Crippen LogP contribution in [-0.2, 0) is 79.4 Å². The number of nitrogens with two attached hydrogens (primary N) is 1. The molecule has 4 amide bonds. The maximum atomic E-state index is 15.1. The summed E-state index contributed by atoms with van der Waals surface area (Å²) < 4.78 is 49.9. The number of carboxylic acid groups (broad SMARTS) is 1. The molecule has 27 nitrogen and oxygen atoms in total. The molecule has 9 N–H and O–H groups in total. The van der Waals surface area contributed by atoms with Gasteiger partial charge in [-0.2, -0.15) is 10.2 Å². The van der Waals surface area contributed by atoms with Gasteiger partial charge in [-0.15, -0.1) is 0 Å². The molecule has 14 rings (SSSR count). The van der Waals surface area contributed by atoms with E-state index in [1.807, 2.05) is 120 Å². The Morgan fingerprint density at radius 3 is 1.47 bits per heavy atom. The molecule has 0 radical (unpaired) electrons. The number of aromatic nitrogens is 8. The second-order valence-corrected chi connectivity index (χ2v) is 31.2. The number of aryl methyl sites for hydroxylation is 4. The monoisotopic (exact) mass is 1610 g/mol. The standard InChI is InChI=1S/C42H50FN9O3.C24H32FN3O2.C23H28N6O4/c1-4-36-33(39(48-31-14-18-55-19-15-31)34-24-47-52(5-2)40(34)50-36)23-46-42(54)38-11-7-10-37(49-38)41(53)45-22-28-12-13-35(43)32(21-28)30-9-6-8-29(20-30)26-51-17-16-44-27(3)25-51;1-17-15-27(10-11-28(17)23(29)30-24(2,3)4)16-19-6-5-7-20(12-19)21-13-18(14-26)8-9-22(21)25;1-3-17-15(12-24-22(30)18-6-5-7-19(27-18)23(31)32)20(26-14-8-10-33-11-9-14)16-13-25-29(4-2)21(16)28-17/h6-13,20-21,24,27,31,44H,4-5,14-19,22-23,25-26H2,1-3H3,(H,45,53)(H,46,54)(H,48,50);5-9,12-13,17H,10-11,14-16,26H2,1-4H3;5-7,13-14H,3-4,8-12H2,1-2H3,(H,24,30)(H,26,28)(H,31,32)/t27-;17-;/m00./s1. The highest BCUT2D eigenvalue weighted by molar-refractivity contribution is 5.98. The number of fused-ring (bicyclic) bond motifs is 2. The van der Waals surface area contributed by atoms with Crippen molar-refractivity contribution in [3.8, 4) is 22.3 Å². The first kappa shape index (κ1) is 86.1. The normalized spacial score (nSPS) is 16.3. The molecule has 29 heteroatoms. The zero-order chi connectivity index (χ0) is 83.6. The Hall–Kier alpha value is -11.2. The molecule has 4 fully saturated rings. The van der Waals surface area contributed by atoms with Crippen LogP contribution < -0.4 is 37.6 Å². The molecule has 118 heavy (non-hydrogen) atoms. The van der Waals surface area contributed by atoms with Gasteiger partial charge >= 0.3 is 12.1 Å². The Balaban J connectivity index is 0.000000174. The van der Waals surface area contributed by atoms with E-state index in [0.717, 1.165) is 161 Å². The summed E-state index contributed by atoms with van der Waals surface area (Å²) in [5.74, 6) is -3.04. The fourth-order valence-electron chi connectivity index (χ4n) is 15.3. The van der Waals surface area contributed by atoms with Crippen LogP contribution in [0.1, 0.15) is 175 Å². The lowest BCUT2D eigenvalue weighted by molar-refractivity contribution is 0.000505. The van der Waals surface area contributed by atoms with Gasteiger partial charge in [-0.05, 0) is 181 Å². The number of ether oxygens (including phenoxy) is 3. The number of halogens is 2. The van der Waals surface area contributed by atoms with Crippen molar-refractivity contribution in [3.05, 3.63) is 213 Å². The Labute approximate surface area is 687 Å². The molecule has 10 aromatic rings. The quantitative estimate of drug-likeness (QED) is 0.0263. The third-order valence-corrected chi connectivity index (χ3v) is 21.5. The number of carboxylic acids is 1. The zero-order valence-corrected chi connectivity index (χ0v) is 68.9. The predicted molar refractivity (Wildman–Crippen MR) is 451 cm³/mol. The number of nitrogens with zero attached hydrogens (tertiary/aromatic N) is 11. The number of carbonyl (C=O) groups excluding carboxylic acids is 4. The van der Waals surface area contributed by atoms with Crippen molar-refractivity contribution in [1.82, 2.24) is 75.5 Å². The fraction of sp³-hybridized carbons (Fsp3) is 0.427. The minimum absolute atomic E-state index is 0.0553. The van der Waals surface area contributed by atoms with E-state index < -0.39 is 29.3 Å². The number of carbonyl (C=O) groups is 5. The lowest BCUT2D eigenvalue weighted by atomic mass is 10.00. The van der Waals surface area contributed by atoms with Crippen molar-refractivity contribution < 1.29 is 52.1 Å². The molecule has 0 bridgehead atoms. The van der Waals surface area contributed by atoms with Crippen LogP contribution in [-0.4, -0.2) is 185 Å². The summed E-state index contributed by atoms with van der Waals surface area (Å²) in [5.41, 5.74) is 18.9. The number of amides is 4. The summed E-state index contributed by atoms with van der Waals surface area (Å²) >= 11 is 0. The first-order chi connectivity index (χ1) is 57.0. The van der Waals surface area contributed by atoms with Crippen LogP contribution in [0.2, 0.25) is 0 Å². The minimum Gasteiger partial charge on any atom is -0.477 e. The number of anilines is 2. The maximum absolute atomic E-state index is 15.1. The number of rotatable bonds is 25. The minimum atomic E-state index is -1.18. The van der Waals surface area contributed by atoms with Gasteiger partial charge in [-0.1, -0.05) is 74.5 Å². The van der Waals surface area contributed by atoms with Crippen molar-refractivity contribution in [1.29, 1.82) is 0 Å². The molecular formula is C89H110F2N18O9. The predicted octanol–water partition coefficient (Wildman–Crippen LogP) is 12.5. The van der Waals surface area contributed by atoms with Gasteiger partial charge in [-0.25, -0.2) is 47.7 Å². The van der Waals surface area contributed by atoms with Crippen molar-refractivity contribution in [2.75, 3.05) is 76.3 Å². The van der Waals surface area contributed by atoms with Gasteiger partial charge in [0.2, 0.25) is 0 Å². The zero-order valence-electron chi connectivity index (χ0n) is 68.9. The number of pyridine rings is 4. The van der Waals surface area contributed by atoms with Gasteiger partial charge in [0.1, 0.15) is 40.0 Å². The lowest BCUT2D eigenvalue weighted by Gasteiger charge is -2.40. The summed E-state index contributed by atoms with van der Waals surface area (Å²) in [5, 5.41) is 39.7. The Morgan fingerprint density at radius 2 is 1.02 bits per heavy atom. The molecule has 624 valence electrons. The van der Waals surface area contributed by atoms with E-state index in [2.05, 4.69) is 80.9 Å². The van der Waals surface area contributed by atoms with E-state index in [0.29, 0.717) is 82.6 Å². The van der Waals surface area contributed by atoms with Crippen LogP contribution in [0.5, 0.6) is 0 Å². The lowest BCUT2D eigenvalue weighted by Crippen LogP contribution is -2.54. The molecule has 10 heterocycles. The summed E-state index contributed by atoms with van der Waals surface area (Å²) in [6, 6.07) is 36.0. The van der Waals surface area contributed by atoms with E-state index in [9.17, 15) is 28.4 Å². The Bertz CT molecular complexity index is 5170. The van der Waals surface area contributed by atoms with Gasteiger partial charge in [0, 0.05) is 176 Å². The highest BCUT2D eigenvalue weighted by Gasteiger charge is 2.32. The van der Waals surface area contributed by atoms with Crippen LogP contribution in [0.15, 0.2) is 134 Å². The third kappa shape index (κ3) is 22.1. The van der Waals surface area contributed by atoms with Gasteiger partial charge < -0.3 is 61.9 Å². The summed E-state index contributed by atoms with van der Waals surface area (Å²) in [6.45, 7) is 29.8. The van der Waals surface area contributed by atoms with Crippen LogP contribution in [0.3, 0.4) is 0 Å². The van der Waals surface area contributed by atoms with Gasteiger partial charge in [0.15, 0.2) is 11.3 Å². The highest BCUT2D eigenvalue weighted by Crippen LogP contribution is 2.35. The topological polar surface area (TPSA) is 328 Å². The van der Waals surface area contributed by atoms with Crippen molar-refractivity contribution >= 4 is 63.2 Å². The second kappa shape index (κ2) is 40.3. The van der Waals surface area contributed by atoms with Crippen molar-refractivity contribution in [3.63, 3.8) is 0 Å². The maximum Gasteiger partial charge on any atom is 0.410 e. The summed E-state index contributed by atoms with van der Waals surface area (Å²) in [7, 11) is 0. The second-order valence-electron chi connectivity index (χ2n) is 31.2. The van der Waals surface area contributed by atoms with Crippen LogP contribution in [0.25, 0.3) is 44.3 Å². The fourth-order valence-corrected chi connectivity index (χ4v) is 15.3. The number of hydrogen-bond donors (Lipinski definition) is 8. The number of nitrogens with one attached hydrogen (secondary N) is 6. The Morgan fingerprint density at radius 1 is 0.559 bits per heavy atom. The number of piperazine rings is 2. The summed E-state index contributed by atoms with van der Waals surface area (Å²) in [4.78, 5) is 87.9. The first-order valence-electron chi connectivity index (χ1n) is 41.0. The van der Waals surface area contributed by atoms with E-state index in [4.69, 9.17) is 35.0 Å². The molecule has 0 aliphatic carbocycles. The highest BCUT2D eigenvalue weighted by atomic mass is 19.1. The molecule has 6 aromatic heterocycles. The molecule has 4 saturated heterocycles. The average Bonchev–Trinajstić information content (AvgIpc) is 1.59. The van der Waals surface area contributed by atoms with Crippen LogP contribution in [0, 0.1) is 11.6 Å². The molecule has 0 saturated carbocycles. The van der Waals surface area contributed by atoms with Crippen LogP contribution >= 0.6 is 0 Å². The first-order valence-corrected chi connectivity index (χ1v) is 41.0. The molecule has 2 atom stereocenters. The molecular weight excluding hydrogens is 1500 g/mol. The van der Waals surface area contributed by atoms with Gasteiger partial charge in [0.25, 0.3) is 17.7 Å².